The van der Waals surface area contributed by atoms with Gasteiger partial charge in [-0.2, -0.15) is 5.10 Å². The van der Waals surface area contributed by atoms with Crippen molar-refractivity contribution in [2.24, 2.45) is 5.73 Å². The summed E-state index contributed by atoms with van der Waals surface area (Å²) in [6.07, 6.45) is 3.42. The van der Waals surface area contributed by atoms with E-state index in [1.54, 1.807) is 6.33 Å². The van der Waals surface area contributed by atoms with Gasteiger partial charge in [0.05, 0.1) is 22.9 Å². The summed E-state index contributed by atoms with van der Waals surface area (Å²) in [4.78, 5) is 15.8. The third-order valence-electron chi connectivity index (χ3n) is 5.53. The first-order valence-corrected chi connectivity index (χ1v) is 10.2. The predicted molar refractivity (Wildman–Crippen MR) is 122 cm³/mol. The van der Waals surface area contributed by atoms with Crippen LogP contribution in [0.5, 0.6) is 0 Å². The second-order valence-corrected chi connectivity index (χ2v) is 7.72. The minimum Gasteiger partial charge on any atom is -0.353 e. The van der Waals surface area contributed by atoms with E-state index in [4.69, 9.17) is 10.7 Å². The van der Waals surface area contributed by atoms with E-state index in [9.17, 15) is 0 Å². The lowest BCUT2D eigenvalue weighted by Gasteiger charge is -2.37. The van der Waals surface area contributed by atoms with E-state index in [1.807, 2.05) is 59.4 Å². The molecule has 0 spiro atoms. The molecular formula is C23H20N8. The van der Waals surface area contributed by atoms with Gasteiger partial charge in [0, 0.05) is 30.2 Å². The highest BCUT2D eigenvalue weighted by atomic mass is 15.3. The second-order valence-electron chi connectivity index (χ2n) is 7.72. The van der Waals surface area contributed by atoms with E-state index in [0.29, 0.717) is 5.82 Å². The number of benzene rings is 2. The molecule has 1 saturated heterocycles. The fraction of sp³-hybridized carbons (Fsp3) is 0.130. The molecule has 152 valence electrons. The Balaban J connectivity index is 1.35. The van der Waals surface area contributed by atoms with Gasteiger partial charge in [-0.05, 0) is 42.5 Å². The van der Waals surface area contributed by atoms with Gasteiger partial charge in [-0.3, -0.25) is 0 Å². The zero-order valence-corrected chi connectivity index (χ0v) is 16.7. The van der Waals surface area contributed by atoms with Gasteiger partial charge in [-0.15, -0.1) is 0 Å². The molecule has 1 aliphatic rings. The Morgan fingerprint density at radius 1 is 0.968 bits per heavy atom. The Kier molecular flexibility index (Phi) is 4.03. The van der Waals surface area contributed by atoms with Crippen LogP contribution in [0.2, 0.25) is 0 Å². The molecule has 0 amide bonds. The van der Waals surface area contributed by atoms with Crippen LogP contribution in [0, 0.1) is 0 Å². The topological polar surface area (TPSA) is 97.8 Å². The molecule has 8 nitrogen and oxygen atoms in total. The first-order chi connectivity index (χ1) is 15.2. The fourth-order valence-electron chi connectivity index (χ4n) is 3.92. The van der Waals surface area contributed by atoms with Crippen molar-refractivity contribution in [2.45, 2.75) is 6.04 Å². The van der Waals surface area contributed by atoms with Crippen molar-refractivity contribution in [3.63, 3.8) is 0 Å². The highest BCUT2D eigenvalue weighted by Gasteiger charge is 2.24. The van der Waals surface area contributed by atoms with Crippen LogP contribution in [0.25, 0.3) is 27.6 Å². The van der Waals surface area contributed by atoms with E-state index in [0.717, 1.165) is 52.2 Å². The minimum atomic E-state index is 0.214. The van der Waals surface area contributed by atoms with E-state index in [1.165, 1.54) is 0 Å². The van der Waals surface area contributed by atoms with E-state index in [2.05, 4.69) is 37.4 Å². The predicted octanol–water partition coefficient (Wildman–Crippen LogP) is 3.25. The number of hydrogen-bond acceptors (Lipinski definition) is 7. The summed E-state index contributed by atoms with van der Waals surface area (Å²) in [5.74, 6) is 1.57. The normalized spacial score (nSPS) is 14.2. The molecule has 3 aromatic heterocycles. The van der Waals surface area contributed by atoms with Crippen LogP contribution in [0.15, 0.2) is 73.2 Å². The Morgan fingerprint density at radius 3 is 2.68 bits per heavy atom. The maximum atomic E-state index is 5.92. The standard InChI is InChI=1S/C23H20N8/c24-16-12-30(13-16)21-9-7-19-22(29-21)23(26-14-25-19)28-17-6-8-20-15(10-17)11-27-31(20)18-4-2-1-3-5-18/h1-11,14,16H,12-13,24H2,(H,25,26,28). The fourth-order valence-corrected chi connectivity index (χ4v) is 3.92. The van der Waals surface area contributed by atoms with Crippen molar-refractivity contribution in [1.29, 1.82) is 0 Å². The molecule has 0 atom stereocenters. The van der Waals surface area contributed by atoms with Crippen LogP contribution < -0.4 is 16.0 Å². The molecule has 0 unspecified atom stereocenters. The summed E-state index contributed by atoms with van der Waals surface area (Å²) in [6, 6.07) is 20.4. The van der Waals surface area contributed by atoms with Gasteiger partial charge in [0.2, 0.25) is 0 Å². The molecule has 1 fully saturated rings. The van der Waals surface area contributed by atoms with Gasteiger partial charge in [-0.25, -0.2) is 19.6 Å². The molecule has 8 heteroatoms. The van der Waals surface area contributed by atoms with Gasteiger partial charge < -0.3 is 16.0 Å². The molecule has 0 aliphatic carbocycles. The molecule has 3 N–H and O–H groups in total. The maximum Gasteiger partial charge on any atom is 0.160 e. The van der Waals surface area contributed by atoms with Crippen LogP contribution in [-0.4, -0.2) is 43.9 Å². The number of nitrogens with zero attached hydrogens (tertiary/aromatic N) is 6. The zero-order chi connectivity index (χ0) is 20.8. The highest BCUT2D eigenvalue weighted by molar-refractivity contribution is 5.90. The largest absolute Gasteiger partial charge is 0.353 e. The summed E-state index contributed by atoms with van der Waals surface area (Å²) in [5.41, 5.74) is 10.4. The molecule has 5 aromatic rings. The van der Waals surface area contributed by atoms with Crippen molar-refractivity contribution < 1.29 is 0 Å². The molecule has 31 heavy (non-hydrogen) atoms. The summed E-state index contributed by atoms with van der Waals surface area (Å²) >= 11 is 0. The van der Waals surface area contributed by atoms with Crippen LogP contribution in [-0.2, 0) is 0 Å². The van der Waals surface area contributed by atoms with E-state index < -0.39 is 0 Å². The van der Waals surface area contributed by atoms with E-state index >= 15 is 0 Å². The zero-order valence-electron chi connectivity index (χ0n) is 16.7. The number of aromatic nitrogens is 5. The first-order valence-electron chi connectivity index (χ1n) is 10.2. The Hall–Kier alpha value is -4.04. The molecule has 6 rings (SSSR count). The number of anilines is 3. The number of para-hydroxylation sites is 1. The van der Waals surface area contributed by atoms with Crippen LogP contribution in [0.3, 0.4) is 0 Å². The quantitative estimate of drug-likeness (QED) is 0.471. The van der Waals surface area contributed by atoms with Crippen molar-refractivity contribution in [3.05, 3.63) is 73.2 Å². The molecule has 0 saturated carbocycles. The summed E-state index contributed by atoms with van der Waals surface area (Å²) in [5, 5.41) is 8.99. The number of fused-ring (bicyclic) bond motifs is 2. The summed E-state index contributed by atoms with van der Waals surface area (Å²) in [6.45, 7) is 1.63. The monoisotopic (exact) mass is 408 g/mol. The number of rotatable bonds is 4. The second kappa shape index (κ2) is 7.03. The SMILES string of the molecule is NC1CN(c2ccc3ncnc(Nc4ccc5c(cnn5-c5ccccc5)c4)c3n2)C1. The first kappa shape index (κ1) is 17.8. The lowest BCUT2D eigenvalue weighted by atomic mass is 10.1. The minimum absolute atomic E-state index is 0.214. The summed E-state index contributed by atoms with van der Waals surface area (Å²) < 4.78 is 1.94. The third-order valence-corrected chi connectivity index (χ3v) is 5.53. The number of nitrogens with one attached hydrogen (secondary N) is 1. The third kappa shape index (κ3) is 3.13. The lowest BCUT2D eigenvalue weighted by molar-refractivity contribution is 0.515. The van der Waals surface area contributed by atoms with E-state index in [-0.39, 0.29) is 6.04 Å². The van der Waals surface area contributed by atoms with Crippen molar-refractivity contribution in [3.8, 4) is 5.69 Å². The molecular weight excluding hydrogens is 388 g/mol. The smallest absolute Gasteiger partial charge is 0.160 e. The average Bonchev–Trinajstić information content (AvgIpc) is 3.21. The maximum absolute atomic E-state index is 5.92. The van der Waals surface area contributed by atoms with Gasteiger partial charge in [0.25, 0.3) is 0 Å². The number of pyridine rings is 1. The van der Waals surface area contributed by atoms with Gasteiger partial charge >= 0.3 is 0 Å². The van der Waals surface area contributed by atoms with Crippen LogP contribution in [0.1, 0.15) is 0 Å². The summed E-state index contributed by atoms with van der Waals surface area (Å²) in [7, 11) is 0. The number of nitrogens with two attached hydrogens (primary N) is 1. The Bertz CT molecular complexity index is 1390. The average molecular weight is 408 g/mol. The molecule has 0 bridgehead atoms. The molecule has 1 aliphatic heterocycles. The van der Waals surface area contributed by atoms with Gasteiger partial charge in [0.15, 0.2) is 5.82 Å². The number of hydrogen-bond donors (Lipinski definition) is 2. The lowest BCUT2D eigenvalue weighted by Crippen LogP contribution is -2.56. The van der Waals surface area contributed by atoms with Crippen molar-refractivity contribution in [2.75, 3.05) is 23.3 Å². The Labute approximate surface area is 178 Å². The molecule has 2 aromatic carbocycles. The van der Waals surface area contributed by atoms with Crippen molar-refractivity contribution >= 4 is 39.3 Å². The van der Waals surface area contributed by atoms with Gasteiger partial charge in [-0.1, -0.05) is 18.2 Å². The van der Waals surface area contributed by atoms with Gasteiger partial charge in [0.1, 0.15) is 17.7 Å². The highest BCUT2D eigenvalue weighted by Crippen LogP contribution is 2.28. The van der Waals surface area contributed by atoms with Crippen LogP contribution in [0.4, 0.5) is 17.3 Å². The molecule has 4 heterocycles. The van der Waals surface area contributed by atoms with Crippen molar-refractivity contribution in [1.82, 2.24) is 24.7 Å². The van der Waals surface area contributed by atoms with Crippen LogP contribution >= 0.6 is 0 Å². The molecule has 0 radical (unpaired) electrons. The Morgan fingerprint density at radius 2 is 1.84 bits per heavy atom.